The summed E-state index contributed by atoms with van der Waals surface area (Å²) in [6, 6.07) is 0. The van der Waals surface area contributed by atoms with Crippen LogP contribution in [0.1, 0.15) is 47.0 Å². The second kappa shape index (κ2) is 2.53. The number of aliphatic hydroxyl groups is 2. The van der Waals surface area contributed by atoms with Crippen molar-refractivity contribution in [2.24, 2.45) is 16.7 Å². The molecule has 0 aliphatic heterocycles. The highest BCUT2D eigenvalue weighted by atomic mass is 16.3. The lowest BCUT2D eigenvalue weighted by Crippen LogP contribution is -2.54. The summed E-state index contributed by atoms with van der Waals surface area (Å²) in [6.07, 6.45) is 2.41. The van der Waals surface area contributed by atoms with Crippen molar-refractivity contribution in [2.45, 2.75) is 58.7 Å². The molecule has 2 nitrogen and oxygen atoms in total. The van der Waals surface area contributed by atoms with Crippen LogP contribution in [0.3, 0.4) is 0 Å². The highest BCUT2D eigenvalue weighted by Crippen LogP contribution is 2.70. The van der Waals surface area contributed by atoms with Gasteiger partial charge in [0.1, 0.15) is 0 Å². The predicted molar refractivity (Wildman–Crippen MR) is 55.9 cm³/mol. The van der Waals surface area contributed by atoms with Gasteiger partial charge in [-0.2, -0.15) is 0 Å². The molecule has 0 aromatic carbocycles. The van der Waals surface area contributed by atoms with E-state index in [0.29, 0.717) is 5.92 Å². The Morgan fingerprint density at radius 2 is 1.86 bits per heavy atom. The molecule has 2 aliphatic rings. The van der Waals surface area contributed by atoms with E-state index in [-0.39, 0.29) is 10.8 Å². The number of aliphatic hydroxyl groups excluding tert-OH is 1. The molecule has 2 rings (SSSR count). The standard InChI is InChI=1S/C12H22O2/c1-8(13)12(14)7-9-5-6-11(12,4)10(9,2)3/h8-9,13-14H,5-7H2,1-4H3/t8?,9-,11-,12+/m1/s1. The molecule has 0 amide bonds. The van der Waals surface area contributed by atoms with Gasteiger partial charge in [0.15, 0.2) is 0 Å². The maximum absolute atomic E-state index is 10.6. The lowest BCUT2D eigenvalue weighted by molar-refractivity contribution is -0.154. The van der Waals surface area contributed by atoms with Crippen molar-refractivity contribution in [1.82, 2.24) is 0 Å². The van der Waals surface area contributed by atoms with Gasteiger partial charge in [-0.25, -0.2) is 0 Å². The molecule has 0 saturated heterocycles. The van der Waals surface area contributed by atoms with Crippen LogP contribution in [0.2, 0.25) is 0 Å². The van der Waals surface area contributed by atoms with Gasteiger partial charge in [-0.15, -0.1) is 0 Å². The van der Waals surface area contributed by atoms with Gasteiger partial charge in [0.25, 0.3) is 0 Å². The summed E-state index contributed by atoms with van der Waals surface area (Å²) in [4.78, 5) is 0. The molecule has 14 heavy (non-hydrogen) atoms. The Morgan fingerprint density at radius 3 is 2.07 bits per heavy atom. The van der Waals surface area contributed by atoms with Crippen LogP contribution >= 0.6 is 0 Å². The van der Waals surface area contributed by atoms with Gasteiger partial charge in [0.05, 0.1) is 11.7 Å². The Hall–Kier alpha value is -0.0800. The molecule has 2 saturated carbocycles. The molecule has 82 valence electrons. The van der Waals surface area contributed by atoms with E-state index in [4.69, 9.17) is 0 Å². The molecule has 0 aromatic rings. The maximum atomic E-state index is 10.6. The second-order valence-electron chi connectivity index (χ2n) is 6.09. The van der Waals surface area contributed by atoms with Gasteiger partial charge in [0.2, 0.25) is 0 Å². The van der Waals surface area contributed by atoms with E-state index in [1.807, 2.05) is 0 Å². The number of hydrogen-bond donors (Lipinski definition) is 2. The van der Waals surface area contributed by atoms with E-state index >= 15 is 0 Å². The van der Waals surface area contributed by atoms with Crippen molar-refractivity contribution in [2.75, 3.05) is 0 Å². The van der Waals surface area contributed by atoms with Gasteiger partial charge in [-0.05, 0) is 37.5 Å². The summed E-state index contributed by atoms with van der Waals surface area (Å²) in [5.74, 6) is 0.576. The SMILES string of the molecule is CC(O)[C@@]1(O)C[C@H]2CC[C@]1(C)C2(C)C. The zero-order chi connectivity index (χ0) is 10.8. The highest BCUT2D eigenvalue weighted by Gasteiger charge is 2.69. The van der Waals surface area contributed by atoms with E-state index in [1.165, 1.54) is 6.42 Å². The largest absolute Gasteiger partial charge is 0.390 e. The van der Waals surface area contributed by atoms with Gasteiger partial charge in [-0.3, -0.25) is 0 Å². The minimum Gasteiger partial charge on any atom is -0.390 e. The molecule has 2 bridgehead atoms. The molecule has 0 spiro atoms. The normalized spacial score (nSPS) is 52.3. The number of rotatable bonds is 1. The molecule has 0 heterocycles. The number of fused-ring (bicyclic) bond motifs is 2. The molecular formula is C12H22O2. The van der Waals surface area contributed by atoms with Crippen molar-refractivity contribution >= 4 is 0 Å². The third-order valence-electron chi connectivity index (χ3n) is 5.64. The van der Waals surface area contributed by atoms with Gasteiger partial charge in [0, 0.05) is 5.41 Å². The molecule has 2 heteroatoms. The third kappa shape index (κ3) is 0.849. The molecule has 1 unspecified atom stereocenters. The van der Waals surface area contributed by atoms with Gasteiger partial charge >= 0.3 is 0 Å². The third-order valence-corrected chi connectivity index (χ3v) is 5.64. The van der Waals surface area contributed by atoms with E-state index in [2.05, 4.69) is 20.8 Å². The molecule has 2 aliphatic carbocycles. The summed E-state index contributed by atoms with van der Waals surface area (Å²) in [5, 5.41) is 20.4. The molecule has 2 fully saturated rings. The Bertz CT molecular complexity index is 259. The van der Waals surface area contributed by atoms with Crippen LogP contribution in [0.4, 0.5) is 0 Å². The molecule has 4 atom stereocenters. The Labute approximate surface area is 86.3 Å². The van der Waals surface area contributed by atoms with Gasteiger partial charge < -0.3 is 10.2 Å². The van der Waals surface area contributed by atoms with Crippen LogP contribution in [0.25, 0.3) is 0 Å². The fraction of sp³-hybridized carbons (Fsp3) is 1.00. The highest BCUT2D eigenvalue weighted by molar-refractivity contribution is 5.19. The van der Waals surface area contributed by atoms with Crippen molar-refractivity contribution in [3.8, 4) is 0 Å². The summed E-state index contributed by atoms with van der Waals surface area (Å²) in [5.41, 5.74) is -0.809. The van der Waals surface area contributed by atoms with Crippen LogP contribution in [0.5, 0.6) is 0 Å². The summed E-state index contributed by atoms with van der Waals surface area (Å²) >= 11 is 0. The first-order chi connectivity index (χ1) is 6.26. The minimum absolute atomic E-state index is 0.112. The lowest BCUT2D eigenvalue weighted by atomic mass is 9.63. The summed E-state index contributed by atoms with van der Waals surface area (Å²) in [6.45, 7) is 8.35. The van der Waals surface area contributed by atoms with Crippen molar-refractivity contribution in [1.29, 1.82) is 0 Å². The fourth-order valence-corrected chi connectivity index (χ4v) is 3.96. The first-order valence-corrected chi connectivity index (χ1v) is 5.66. The quantitative estimate of drug-likeness (QED) is 0.676. The Kier molecular flexibility index (Phi) is 1.89. The monoisotopic (exact) mass is 198 g/mol. The second-order valence-corrected chi connectivity index (χ2v) is 6.09. The fourth-order valence-electron chi connectivity index (χ4n) is 3.96. The van der Waals surface area contributed by atoms with E-state index in [1.54, 1.807) is 6.92 Å². The van der Waals surface area contributed by atoms with Crippen LogP contribution in [0, 0.1) is 16.7 Å². The average Bonchev–Trinajstić information content (AvgIpc) is 2.36. The van der Waals surface area contributed by atoms with Gasteiger partial charge in [-0.1, -0.05) is 20.8 Å². The zero-order valence-corrected chi connectivity index (χ0v) is 9.67. The topological polar surface area (TPSA) is 40.5 Å². The zero-order valence-electron chi connectivity index (χ0n) is 9.67. The van der Waals surface area contributed by atoms with E-state index in [9.17, 15) is 10.2 Å². The van der Waals surface area contributed by atoms with Crippen LogP contribution in [-0.4, -0.2) is 21.9 Å². The average molecular weight is 198 g/mol. The van der Waals surface area contributed by atoms with Crippen molar-refractivity contribution in [3.05, 3.63) is 0 Å². The molecule has 0 radical (unpaired) electrons. The van der Waals surface area contributed by atoms with Crippen LogP contribution in [-0.2, 0) is 0 Å². The summed E-state index contributed by atoms with van der Waals surface area (Å²) < 4.78 is 0. The lowest BCUT2D eigenvalue weighted by Gasteiger charge is -2.46. The smallest absolute Gasteiger partial charge is 0.0963 e. The first kappa shape index (κ1) is 10.4. The number of hydrogen-bond acceptors (Lipinski definition) is 2. The van der Waals surface area contributed by atoms with Crippen molar-refractivity contribution < 1.29 is 10.2 Å². The van der Waals surface area contributed by atoms with E-state index < -0.39 is 11.7 Å². The maximum Gasteiger partial charge on any atom is 0.0963 e. The molecule has 2 N–H and O–H groups in total. The summed E-state index contributed by atoms with van der Waals surface area (Å²) in [7, 11) is 0. The van der Waals surface area contributed by atoms with Crippen LogP contribution in [0.15, 0.2) is 0 Å². The first-order valence-electron chi connectivity index (χ1n) is 5.66. The molecule has 0 aromatic heterocycles. The Morgan fingerprint density at radius 1 is 1.29 bits per heavy atom. The minimum atomic E-state index is -0.862. The predicted octanol–water partition coefficient (Wildman–Crippen LogP) is 1.94. The van der Waals surface area contributed by atoms with Crippen molar-refractivity contribution in [3.63, 3.8) is 0 Å². The van der Waals surface area contributed by atoms with Crippen LogP contribution < -0.4 is 0 Å². The molecular weight excluding hydrogens is 176 g/mol. The van der Waals surface area contributed by atoms with E-state index in [0.717, 1.165) is 12.8 Å². The Balaban J connectivity index is 2.45.